The van der Waals surface area contributed by atoms with Crippen molar-refractivity contribution in [2.45, 2.75) is 109 Å². The van der Waals surface area contributed by atoms with Crippen LogP contribution in [0.15, 0.2) is 12.2 Å². The van der Waals surface area contributed by atoms with E-state index in [2.05, 4.69) is 19.1 Å². The van der Waals surface area contributed by atoms with Crippen molar-refractivity contribution in [3.8, 4) is 0 Å². The first-order valence-corrected chi connectivity index (χ1v) is 11.1. The Kier molecular flexibility index (Phi) is 14.1. The molecule has 4 nitrogen and oxygen atoms in total. The second-order valence-electron chi connectivity index (χ2n) is 8.17. The molecule has 0 radical (unpaired) electrons. The van der Waals surface area contributed by atoms with E-state index < -0.39 is 5.79 Å². The Balaban J connectivity index is 1.93. The van der Waals surface area contributed by atoms with Crippen molar-refractivity contribution in [1.29, 1.82) is 0 Å². The van der Waals surface area contributed by atoms with Gasteiger partial charge >= 0.3 is 0 Å². The summed E-state index contributed by atoms with van der Waals surface area (Å²) in [5.41, 5.74) is 0. The van der Waals surface area contributed by atoms with E-state index in [9.17, 15) is 0 Å². The lowest BCUT2D eigenvalue weighted by molar-refractivity contribution is -0.146. The van der Waals surface area contributed by atoms with Crippen LogP contribution < -0.4 is 0 Å². The van der Waals surface area contributed by atoms with Crippen molar-refractivity contribution in [2.75, 3.05) is 26.9 Å². The third kappa shape index (κ3) is 13.4. The summed E-state index contributed by atoms with van der Waals surface area (Å²) in [5.74, 6) is -0.480. The Morgan fingerprint density at radius 1 is 1.00 bits per heavy atom. The summed E-state index contributed by atoms with van der Waals surface area (Å²) in [6, 6.07) is 0. The molecule has 0 N–H and O–H groups in total. The number of unbranched alkanes of at least 4 members (excludes halogenated alkanes) is 9. The van der Waals surface area contributed by atoms with Gasteiger partial charge < -0.3 is 18.9 Å². The summed E-state index contributed by atoms with van der Waals surface area (Å²) < 4.78 is 22.5. The van der Waals surface area contributed by atoms with Crippen LogP contribution in [-0.2, 0) is 18.9 Å². The molecule has 0 aliphatic carbocycles. The average Bonchev–Trinajstić information content (AvgIpc) is 2.99. The van der Waals surface area contributed by atoms with E-state index in [-0.39, 0.29) is 12.2 Å². The lowest BCUT2D eigenvalue weighted by Crippen LogP contribution is -2.26. The lowest BCUT2D eigenvalue weighted by Gasteiger charge is -2.18. The normalized spacial score (nSPS) is 20.5. The Hall–Kier alpha value is -0.420. The van der Waals surface area contributed by atoms with Gasteiger partial charge in [-0.2, -0.15) is 0 Å². The van der Waals surface area contributed by atoms with Crippen LogP contribution in [0.4, 0.5) is 0 Å². The molecule has 0 spiro atoms. The van der Waals surface area contributed by atoms with Crippen molar-refractivity contribution in [3.63, 3.8) is 0 Å². The van der Waals surface area contributed by atoms with Crippen molar-refractivity contribution in [2.24, 2.45) is 0 Å². The molecule has 1 heterocycles. The van der Waals surface area contributed by atoms with Gasteiger partial charge in [-0.3, -0.25) is 0 Å². The fourth-order valence-electron chi connectivity index (χ4n) is 3.35. The average molecular weight is 385 g/mol. The highest BCUT2D eigenvalue weighted by molar-refractivity contribution is 4.84. The summed E-state index contributed by atoms with van der Waals surface area (Å²) >= 11 is 0. The molecule has 27 heavy (non-hydrogen) atoms. The third-order valence-corrected chi connectivity index (χ3v) is 5.05. The standard InChI is InChI=1S/C23H44O4/c1-5-6-7-8-9-10-11-12-13-14-15-16-17-21(24-4)18-25-19-22-20-26-23(2,3)27-22/h15-16,21-22H,5-14,17-20H2,1-4H3/b16-15-/t21-,22-/m1/s1. The Labute approximate surface area is 168 Å². The molecule has 160 valence electrons. The van der Waals surface area contributed by atoms with Crippen LogP contribution in [0.2, 0.25) is 0 Å². The Bertz CT molecular complexity index is 367. The third-order valence-electron chi connectivity index (χ3n) is 5.05. The summed E-state index contributed by atoms with van der Waals surface area (Å²) in [7, 11) is 1.75. The maximum atomic E-state index is 5.76. The minimum absolute atomic E-state index is 0.0275. The van der Waals surface area contributed by atoms with Crippen molar-refractivity contribution in [1.82, 2.24) is 0 Å². The highest BCUT2D eigenvalue weighted by Crippen LogP contribution is 2.22. The summed E-state index contributed by atoms with van der Waals surface area (Å²) in [5, 5.41) is 0. The van der Waals surface area contributed by atoms with Crippen molar-refractivity contribution < 1.29 is 18.9 Å². The van der Waals surface area contributed by atoms with E-state index in [1.807, 2.05) is 13.8 Å². The summed E-state index contributed by atoms with van der Waals surface area (Å²) in [6.07, 6.45) is 19.2. The molecule has 0 aromatic rings. The molecule has 1 aliphatic heterocycles. The molecular formula is C23H44O4. The molecule has 0 amide bonds. The summed E-state index contributed by atoms with van der Waals surface area (Å²) in [6.45, 7) is 7.90. The Morgan fingerprint density at radius 2 is 1.67 bits per heavy atom. The molecule has 1 fully saturated rings. The molecule has 0 bridgehead atoms. The largest absolute Gasteiger partial charge is 0.379 e. The van der Waals surface area contributed by atoms with Gasteiger partial charge in [-0.1, -0.05) is 70.4 Å². The van der Waals surface area contributed by atoms with Gasteiger partial charge in [0.15, 0.2) is 5.79 Å². The fraction of sp³-hybridized carbons (Fsp3) is 0.913. The van der Waals surface area contributed by atoms with E-state index in [0.29, 0.717) is 19.8 Å². The number of rotatable bonds is 17. The van der Waals surface area contributed by atoms with Gasteiger partial charge in [-0.25, -0.2) is 0 Å². The molecule has 0 saturated carbocycles. The van der Waals surface area contributed by atoms with Gasteiger partial charge in [0.25, 0.3) is 0 Å². The van der Waals surface area contributed by atoms with Gasteiger partial charge in [0, 0.05) is 7.11 Å². The molecule has 0 aromatic heterocycles. The zero-order valence-corrected chi connectivity index (χ0v) is 18.3. The quantitative estimate of drug-likeness (QED) is 0.226. The SMILES string of the molecule is CCCCCCCCCCC/C=C\C[C@H](COC[C@@H]1COC(C)(C)O1)OC. The maximum Gasteiger partial charge on any atom is 0.163 e. The molecular weight excluding hydrogens is 340 g/mol. The topological polar surface area (TPSA) is 36.9 Å². The number of hydrogen-bond donors (Lipinski definition) is 0. The molecule has 1 saturated heterocycles. The van der Waals surface area contributed by atoms with Crippen LogP contribution >= 0.6 is 0 Å². The minimum atomic E-state index is -0.480. The molecule has 1 rings (SSSR count). The van der Waals surface area contributed by atoms with E-state index in [1.54, 1.807) is 7.11 Å². The van der Waals surface area contributed by atoms with Crippen LogP contribution in [0.3, 0.4) is 0 Å². The zero-order chi connectivity index (χ0) is 19.8. The van der Waals surface area contributed by atoms with Crippen LogP contribution in [0.25, 0.3) is 0 Å². The second kappa shape index (κ2) is 15.5. The van der Waals surface area contributed by atoms with Crippen LogP contribution in [-0.4, -0.2) is 44.9 Å². The number of allylic oxidation sites excluding steroid dienone is 1. The van der Waals surface area contributed by atoms with Crippen molar-refractivity contribution in [3.05, 3.63) is 12.2 Å². The maximum absolute atomic E-state index is 5.76. The molecule has 0 aromatic carbocycles. The van der Waals surface area contributed by atoms with Gasteiger partial charge in [-0.15, -0.1) is 0 Å². The van der Waals surface area contributed by atoms with Gasteiger partial charge in [-0.05, 0) is 33.1 Å². The van der Waals surface area contributed by atoms with E-state index >= 15 is 0 Å². The smallest absolute Gasteiger partial charge is 0.163 e. The first kappa shape index (κ1) is 24.6. The first-order chi connectivity index (χ1) is 13.1. The van der Waals surface area contributed by atoms with Gasteiger partial charge in [0.2, 0.25) is 0 Å². The van der Waals surface area contributed by atoms with Crippen molar-refractivity contribution >= 4 is 0 Å². The minimum Gasteiger partial charge on any atom is -0.379 e. The molecule has 0 unspecified atom stereocenters. The van der Waals surface area contributed by atoms with E-state index in [4.69, 9.17) is 18.9 Å². The monoisotopic (exact) mass is 384 g/mol. The predicted octanol–water partition coefficient (Wildman–Crippen LogP) is 6.04. The van der Waals surface area contributed by atoms with Crippen LogP contribution in [0, 0.1) is 0 Å². The number of hydrogen-bond acceptors (Lipinski definition) is 4. The van der Waals surface area contributed by atoms with E-state index in [0.717, 1.165) is 6.42 Å². The second-order valence-corrected chi connectivity index (χ2v) is 8.17. The summed E-state index contributed by atoms with van der Waals surface area (Å²) in [4.78, 5) is 0. The van der Waals surface area contributed by atoms with Crippen LogP contribution in [0.1, 0.15) is 91.4 Å². The first-order valence-electron chi connectivity index (χ1n) is 11.1. The molecule has 2 atom stereocenters. The number of ether oxygens (including phenoxy) is 4. The molecule has 4 heteroatoms. The van der Waals surface area contributed by atoms with Gasteiger partial charge in [0.1, 0.15) is 6.10 Å². The lowest BCUT2D eigenvalue weighted by atomic mass is 10.1. The predicted molar refractivity (Wildman–Crippen MR) is 112 cm³/mol. The molecule has 1 aliphatic rings. The number of methoxy groups -OCH3 is 1. The Morgan fingerprint density at radius 3 is 2.26 bits per heavy atom. The highest BCUT2D eigenvalue weighted by atomic mass is 16.7. The van der Waals surface area contributed by atoms with Gasteiger partial charge in [0.05, 0.1) is 25.9 Å². The van der Waals surface area contributed by atoms with E-state index in [1.165, 1.54) is 64.2 Å². The highest BCUT2D eigenvalue weighted by Gasteiger charge is 2.32. The van der Waals surface area contributed by atoms with Crippen LogP contribution in [0.5, 0.6) is 0 Å². The fourth-order valence-corrected chi connectivity index (χ4v) is 3.35. The zero-order valence-electron chi connectivity index (χ0n) is 18.3.